The zero-order valence-corrected chi connectivity index (χ0v) is 13.4. The molecular formula is C14H17N5O7. The first-order chi connectivity index (χ1) is 12.4. The van der Waals surface area contributed by atoms with Gasteiger partial charge < -0.3 is 30.9 Å². The number of fused-ring (bicyclic) bond motifs is 1. The maximum absolute atomic E-state index is 12.8. The Hall–Kier alpha value is -2.69. The third kappa shape index (κ3) is 2.77. The van der Waals surface area contributed by atoms with Crippen molar-refractivity contribution < 1.29 is 25.2 Å². The van der Waals surface area contributed by atoms with E-state index >= 15 is 0 Å². The summed E-state index contributed by atoms with van der Waals surface area (Å²) in [4.78, 5) is 31.3. The van der Waals surface area contributed by atoms with Gasteiger partial charge in [-0.15, -0.1) is 0 Å². The van der Waals surface area contributed by atoms with Crippen LogP contribution in [0.5, 0.6) is 0 Å². The van der Waals surface area contributed by atoms with E-state index in [2.05, 4.69) is 21.8 Å². The second-order valence-electron chi connectivity index (χ2n) is 5.60. The molecule has 0 radical (unpaired) electrons. The number of nitrogens with zero attached hydrogens (tertiary/aromatic N) is 3. The standard InChI is InChI=1S/C14H17N5O7/c15-13-16-10-7(11(24)17-13)18(3-1-2-4-20)14(25)19(10)12-9(23)8(22)6(5-21)26-12/h6,8-9,12,20-23H,3-5H2,(H3,15,16,17,24)/t6-,8?,9-,12-/m1/s1. The molecule has 1 saturated heterocycles. The molecule has 7 N–H and O–H groups in total. The summed E-state index contributed by atoms with van der Waals surface area (Å²) in [7, 11) is 0. The molecular weight excluding hydrogens is 350 g/mol. The highest BCUT2D eigenvalue weighted by Crippen LogP contribution is 2.30. The Morgan fingerprint density at radius 2 is 1.96 bits per heavy atom. The molecule has 12 heteroatoms. The summed E-state index contributed by atoms with van der Waals surface area (Å²) in [5.74, 6) is 4.61. The van der Waals surface area contributed by atoms with Crippen molar-refractivity contribution >= 4 is 17.1 Å². The van der Waals surface area contributed by atoms with E-state index in [4.69, 9.17) is 15.6 Å². The molecule has 4 atom stereocenters. The molecule has 0 bridgehead atoms. The van der Waals surface area contributed by atoms with Gasteiger partial charge in [-0.05, 0) is 0 Å². The molecule has 26 heavy (non-hydrogen) atoms. The van der Waals surface area contributed by atoms with E-state index in [9.17, 15) is 24.9 Å². The number of nitrogen functional groups attached to an aromatic ring is 1. The Morgan fingerprint density at radius 3 is 2.58 bits per heavy atom. The normalized spacial score (nSPS) is 25.4. The van der Waals surface area contributed by atoms with Gasteiger partial charge >= 0.3 is 5.69 Å². The Kier molecular flexibility index (Phi) is 4.81. The van der Waals surface area contributed by atoms with Crippen LogP contribution in [0.2, 0.25) is 0 Å². The first-order valence-corrected chi connectivity index (χ1v) is 7.60. The van der Waals surface area contributed by atoms with Crippen LogP contribution in [0.15, 0.2) is 9.59 Å². The average Bonchev–Trinajstić information content (AvgIpc) is 3.03. The minimum atomic E-state index is -1.55. The van der Waals surface area contributed by atoms with Crippen molar-refractivity contribution in [2.24, 2.45) is 0 Å². The highest BCUT2D eigenvalue weighted by atomic mass is 16.6. The van der Waals surface area contributed by atoms with E-state index in [1.165, 1.54) is 0 Å². The van der Waals surface area contributed by atoms with Crippen LogP contribution in [0.1, 0.15) is 6.23 Å². The van der Waals surface area contributed by atoms with Crippen molar-refractivity contribution in [2.75, 3.05) is 18.9 Å². The highest BCUT2D eigenvalue weighted by molar-refractivity contribution is 5.72. The van der Waals surface area contributed by atoms with Crippen molar-refractivity contribution in [3.05, 3.63) is 20.8 Å². The van der Waals surface area contributed by atoms with Gasteiger partial charge in [0.25, 0.3) is 5.56 Å². The molecule has 1 fully saturated rings. The highest BCUT2D eigenvalue weighted by Gasteiger charge is 2.45. The van der Waals surface area contributed by atoms with Crippen LogP contribution in [0.3, 0.4) is 0 Å². The fraction of sp³-hybridized carbons (Fsp3) is 0.500. The second kappa shape index (κ2) is 6.90. The number of aliphatic hydroxyl groups excluding tert-OH is 4. The number of nitrogens with one attached hydrogen (secondary N) is 1. The van der Waals surface area contributed by atoms with Gasteiger partial charge in [-0.25, -0.2) is 9.36 Å². The molecule has 0 spiro atoms. The topological polar surface area (TPSA) is 189 Å². The van der Waals surface area contributed by atoms with Gasteiger partial charge in [-0.2, -0.15) is 4.98 Å². The SMILES string of the molecule is Nc1nc2c(c(=O)[nH]1)n(CC#CCO)c(=O)n2[C@@H]1O[C@H](CO)C(O)[C@H]1O. The van der Waals surface area contributed by atoms with Crippen LogP contribution in [0.4, 0.5) is 5.95 Å². The van der Waals surface area contributed by atoms with E-state index in [0.717, 1.165) is 9.13 Å². The number of rotatable bonds is 3. The third-order valence-electron chi connectivity index (χ3n) is 4.04. The molecule has 3 rings (SSSR count). The third-order valence-corrected chi connectivity index (χ3v) is 4.04. The number of ether oxygens (including phenoxy) is 1. The van der Waals surface area contributed by atoms with Crippen molar-refractivity contribution in [1.82, 2.24) is 19.1 Å². The summed E-state index contributed by atoms with van der Waals surface area (Å²) in [6, 6.07) is 0. The Morgan fingerprint density at radius 1 is 1.23 bits per heavy atom. The van der Waals surface area contributed by atoms with Gasteiger partial charge in [0.05, 0.1) is 13.2 Å². The Bertz CT molecular complexity index is 997. The van der Waals surface area contributed by atoms with E-state index < -0.39 is 49.0 Å². The summed E-state index contributed by atoms with van der Waals surface area (Å²) in [6.45, 7) is -1.24. The molecule has 2 aromatic rings. The molecule has 1 unspecified atom stereocenters. The number of H-pyrrole nitrogens is 1. The summed E-state index contributed by atoms with van der Waals surface area (Å²) < 4.78 is 7.22. The summed E-state index contributed by atoms with van der Waals surface area (Å²) in [5.41, 5.74) is 3.72. The molecule has 140 valence electrons. The molecule has 2 aromatic heterocycles. The van der Waals surface area contributed by atoms with Gasteiger partial charge in [0.2, 0.25) is 5.95 Å². The van der Waals surface area contributed by atoms with Gasteiger partial charge in [0.15, 0.2) is 17.4 Å². The lowest BCUT2D eigenvalue weighted by Crippen LogP contribution is -2.36. The minimum Gasteiger partial charge on any atom is -0.394 e. The quantitative estimate of drug-likeness (QED) is 0.294. The number of aromatic nitrogens is 4. The number of hydrogen-bond donors (Lipinski definition) is 6. The molecule has 3 heterocycles. The monoisotopic (exact) mass is 367 g/mol. The first kappa shape index (κ1) is 18.1. The molecule has 0 aromatic carbocycles. The Labute approximate surface area is 145 Å². The van der Waals surface area contributed by atoms with Crippen molar-refractivity contribution in [3.8, 4) is 11.8 Å². The van der Waals surface area contributed by atoms with Crippen molar-refractivity contribution in [3.63, 3.8) is 0 Å². The first-order valence-electron chi connectivity index (χ1n) is 7.60. The van der Waals surface area contributed by atoms with E-state index in [1.807, 2.05) is 0 Å². The zero-order chi connectivity index (χ0) is 19.0. The van der Waals surface area contributed by atoms with Crippen molar-refractivity contribution in [2.45, 2.75) is 31.1 Å². The summed E-state index contributed by atoms with van der Waals surface area (Å²) >= 11 is 0. The van der Waals surface area contributed by atoms with Gasteiger partial charge in [0, 0.05) is 0 Å². The van der Waals surface area contributed by atoms with Gasteiger partial charge in [-0.1, -0.05) is 11.8 Å². The van der Waals surface area contributed by atoms with E-state index in [0.29, 0.717) is 0 Å². The smallest absolute Gasteiger partial charge is 0.333 e. The number of aliphatic hydroxyl groups is 4. The molecule has 1 aliphatic heterocycles. The number of anilines is 1. The maximum Gasteiger partial charge on any atom is 0.333 e. The van der Waals surface area contributed by atoms with Gasteiger partial charge in [0.1, 0.15) is 24.9 Å². The van der Waals surface area contributed by atoms with Crippen LogP contribution in [0.25, 0.3) is 11.2 Å². The zero-order valence-electron chi connectivity index (χ0n) is 13.4. The van der Waals surface area contributed by atoms with Crippen LogP contribution in [-0.2, 0) is 11.3 Å². The predicted octanol–water partition coefficient (Wildman–Crippen LogP) is -3.92. The molecule has 0 saturated carbocycles. The Balaban J connectivity index is 2.24. The largest absolute Gasteiger partial charge is 0.394 e. The summed E-state index contributed by atoms with van der Waals surface area (Å²) in [5, 5.41) is 38.1. The maximum atomic E-state index is 12.8. The fourth-order valence-corrected chi connectivity index (χ4v) is 2.86. The molecule has 12 nitrogen and oxygen atoms in total. The lowest BCUT2D eigenvalue weighted by molar-refractivity contribution is -0.0527. The van der Waals surface area contributed by atoms with Crippen LogP contribution < -0.4 is 17.0 Å². The molecule has 1 aliphatic rings. The fourth-order valence-electron chi connectivity index (χ4n) is 2.86. The lowest BCUT2D eigenvalue weighted by atomic mass is 10.1. The predicted molar refractivity (Wildman–Crippen MR) is 86.9 cm³/mol. The summed E-state index contributed by atoms with van der Waals surface area (Å²) in [6.07, 6.45) is -5.50. The van der Waals surface area contributed by atoms with Crippen molar-refractivity contribution in [1.29, 1.82) is 0 Å². The molecule has 0 amide bonds. The number of aromatic amines is 1. The average molecular weight is 367 g/mol. The minimum absolute atomic E-state index is 0.158. The van der Waals surface area contributed by atoms with E-state index in [-0.39, 0.29) is 23.7 Å². The van der Waals surface area contributed by atoms with E-state index in [1.54, 1.807) is 0 Å². The van der Waals surface area contributed by atoms with Crippen LogP contribution >= 0.6 is 0 Å². The lowest BCUT2D eigenvalue weighted by Gasteiger charge is -2.15. The molecule has 0 aliphatic carbocycles. The van der Waals surface area contributed by atoms with Gasteiger partial charge in [-0.3, -0.25) is 14.3 Å². The number of nitrogens with two attached hydrogens (primary N) is 1. The second-order valence-corrected chi connectivity index (χ2v) is 5.60. The van der Waals surface area contributed by atoms with Crippen LogP contribution in [-0.4, -0.2) is 71.1 Å². The number of imidazole rings is 1. The van der Waals surface area contributed by atoms with Crippen LogP contribution in [0, 0.1) is 11.8 Å². The number of hydrogen-bond acceptors (Lipinski definition) is 9.